The van der Waals surface area contributed by atoms with Crippen LogP contribution in [0.1, 0.15) is 0 Å². The number of pyridine rings is 1. The Morgan fingerprint density at radius 1 is 1.25 bits per heavy atom. The van der Waals surface area contributed by atoms with Gasteiger partial charge in [0.2, 0.25) is 5.28 Å². The van der Waals surface area contributed by atoms with E-state index in [1.165, 1.54) is 12.4 Å². The normalized spacial score (nSPS) is 10.5. The maximum atomic E-state index is 13.0. The molecule has 0 saturated heterocycles. The Hall–Kier alpha value is -1.29. The van der Waals surface area contributed by atoms with Crippen molar-refractivity contribution in [1.29, 1.82) is 0 Å². The van der Waals surface area contributed by atoms with E-state index in [1.54, 1.807) is 0 Å². The molecule has 0 bridgehead atoms. The summed E-state index contributed by atoms with van der Waals surface area (Å²) < 4.78 is 13.0. The standard InChI is InChI=1S/C7H3ClFN3/c8-7-11-2-4-1-10-3-5(9)6(4)12-7/h1-3H. The van der Waals surface area contributed by atoms with Crippen LogP contribution in [0.4, 0.5) is 4.39 Å². The van der Waals surface area contributed by atoms with Crippen LogP contribution in [0.3, 0.4) is 0 Å². The van der Waals surface area contributed by atoms with E-state index in [0.717, 1.165) is 6.20 Å². The monoisotopic (exact) mass is 183 g/mol. The van der Waals surface area contributed by atoms with Crippen molar-refractivity contribution in [2.75, 3.05) is 0 Å². The Morgan fingerprint density at radius 3 is 2.92 bits per heavy atom. The fourth-order valence-corrected chi connectivity index (χ4v) is 1.03. The van der Waals surface area contributed by atoms with Gasteiger partial charge in [-0.05, 0) is 11.6 Å². The Labute approximate surface area is 72.2 Å². The molecule has 2 aromatic rings. The van der Waals surface area contributed by atoms with Crippen LogP contribution in [0, 0.1) is 5.82 Å². The number of halogens is 2. The summed E-state index contributed by atoms with van der Waals surface area (Å²) >= 11 is 5.48. The Kier molecular flexibility index (Phi) is 1.62. The molecule has 0 saturated carbocycles. The van der Waals surface area contributed by atoms with Gasteiger partial charge in [0.05, 0.1) is 6.20 Å². The van der Waals surface area contributed by atoms with Gasteiger partial charge in [0.1, 0.15) is 5.52 Å². The zero-order valence-corrected chi connectivity index (χ0v) is 6.59. The van der Waals surface area contributed by atoms with Crippen LogP contribution in [-0.4, -0.2) is 15.0 Å². The second-order valence-corrected chi connectivity index (χ2v) is 2.54. The van der Waals surface area contributed by atoms with Crippen molar-refractivity contribution in [2.45, 2.75) is 0 Å². The van der Waals surface area contributed by atoms with Gasteiger partial charge < -0.3 is 0 Å². The predicted molar refractivity (Wildman–Crippen MR) is 42.3 cm³/mol. The van der Waals surface area contributed by atoms with Crippen LogP contribution >= 0.6 is 11.6 Å². The Morgan fingerprint density at radius 2 is 2.08 bits per heavy atom. The minimum Gasteiger partial charge on any atom is -0.261 e. The average molecular weight is 184 g/mol. The molecule has 0 aliphatic heterocycles. The Balaban J connectivity index is 2.88. The largest absolute Gasteiger partial charge is 0.261 e. The van der Waals surface area contributed by atoms with Gasteiger partial charge in [-0.3, -0.25) is 4.98 Å². The molecule has 5 heteroatoms. The first kappa shape index (κ1) is 7.36. The lowest BCUT2D eigenvalue weighted by Crippen LogP contribution is -1.88. The number of fused-ring (bicyclic) bond motifs is 1. The summed E-state index contributed by atoms with van der Waals surface area (Å²) in [4.78, 5) is 11.1. The second kappa shape index (κ2) is 2.64. The predicted octanol–water partition coefficient (Wildman–Crippen LogP) is 1.82. The molecule has 0 radical (unpaired) electrons. The Bertz CT molecular complexity index is 432. The van der Waals surface area contributed by atoms with E-state index in [2.05, 4.69) is 15.0 Å². The SMILES string of the molecule is Fc1cncc2cnc(Cl)nc12. The smallest absolute Gasteiger partial charge is 0.223 e. The fraction of sp³-hybridized carbons (Fsp3) is 0. The second-order valence-electron chi connectivity index (χ2n) is 2.20. The van der Waals surface area contributed by atoms with Crippen LogP contribution in [0.25, 0.3) is 10.9 Å². The molecule has 60 valence electrons. The molecular formula is C7H3ClFN3. The molecule has 0 atom stereocenters. The summed E-state index contributed by atoms with van der Waals surface area (Å²) in [7, 11) is 0. The third-order valence-corrected chi connectivity index (χ3v) is 1.60. The van der Waals surface area contributed by atoms with Gasteiger partial charge >= 0.3 is 0 Å². The van der Waals surface area contributed by atoms with E-state index in [-0.39, 0.29) is 10.8 Å². The number of rotatable bonds is 0. The molecule has 2 aromatic heterocycles. The maximum Gasteiger partial charge on any atom is 0.223 e. The van der Waals surface area contributed by atoms with Gasteiger partial charge in [0.25, 0.3) is 0 Å². The zero-order chi connectivity index (χ0) is 8.55. The summed E-state index contributed by atoms with van der Waals surface area (Å²) in [5, 5.41) is 0.576. The number of nitrogens with zero attached hydrogens (tertiary/aromatic N) is 3. The minimum atomic E-state index is -0.489. The summed E-state index contributed by atoms with van der Waals surface area (Å²) in [6.45, 7) is 0. The minimum absolute atomic E-state index is 0.0348. The van der Waals surface area contributed by atoms with Gasteiger partial charge in [-0.1, -0.05) is 0 Å². The molecular weight excluding hydrogens is 181 g/mol. The van der Waals surface area contributed by atoms with Gasteiger partial charge in [0.15, 0.2) is 5.82 Å². The van der Waals surface area contributed by atoms with Gasteiger partial charge in [0, 0.05) is 17.8 Å². The molecule has 3 nitrogen and oxygen atoms in total. The molecule has 0 fully saturated rings. The topological polar surface area (TPSA) is 38.7 Å². The highest BCUT2D eigenvalue weighted by Crippen LogP contribution is 2.13. The van der Waals surface area contributed by atoms with Crippen molar-refractivity contribution in [3.63, 3.8) is 0 Å². The van der Waals surface area contributed by atoms with E-state index in [1.807, 2.05) is 0 Å². The highest BCUT2D eigenvalue weighted by atomic mass is 35.5. The fourth-order valence-electron chi connectivity index (χ4n) is 0.900. The van der Waals surface area contributed by atoms with Crippen LogP contribution in [0.5, 0.6) is 0 Å². The van der Waals surface area contributed by atoms with Crippen molar-refractivity contribution in [3.8, 4) is 0 Å². The van der Waals surface area contributed by atoms with Crippen molar-refractivity contribution < 1.29 is 4.39 Å². The summed E-state index contributed by atoms with van der Waals surface area (Å²) in [6, 6.07) is 0. The van der Waals surface area contributed by atoms with Crippen LogP contribution in [0.15, 0.2) is 18.6 Å². The molecule has 0 N–H and O–H groups in total. The molecule has 0 amide bonds. The summed E-state index contributed by atoms with van der Waals surface area (Å²) in [6.07, 6.45) is 4.00. The lowest BCUT2D eigenvalue weighted by atomic mass is 10.3. The third-order valence-electron chi connectivity index (χ3n) is 1.42. The molecule has 0 spiro atoms. The van der Waals surface area contributed by atoms with Gasteiger partial charge in [-0.2, -0.15) is 0 Å². The van der Waals surface area contributed by atoms with E-state index in [4.69, 9.17) is 11.6 Å². The molecule has 2 rings (SSSR count). The molecule has 12 heavy (non-hydrogen) atoms. The highest BCUT2D eigenvalue weighted by molar-refractivity contribution is 6.28. The first-order valence-corrected chi connectivity index (χ1v) is 3.57. The molecule has 0 unspecified atom stereocenters. The lowest BCUT2D eigenvalue weighted by molar-refractivity contribution is 0.630. The van der Waals surface area contributed by atoms with Gasteiger partial charge in [-0.15, -0.1) is 0 Å². The van der Waals surface area contributed by atoms with Crippen molar-refractivity contribution in [2.24, 2.45) is 0 Å². The van der Waals surface area contributed by atoms with Crippen molar-refractivity contribution in [1.82, 2.24) is 15.0 Å². The molecule has 0 aliphatic carbocycles. The number of hydrogen-bond donors (Lipinski definition) is 0. The quantitative estimate of drug-likeness (QED) is 0.585. The first-order valence-electron chi connectivity index (χ1n) is 3.19. The summed E-state index contributed by atoms with van der Waals surface area (Å²) in [5.41, 5.74) is 0.199. The van der Waals surface area contributed by atoms with Gasteiger partial charge in [-0.25, -0.2) is 14.4 Å². The van der Waals surface area contributed by atoms with E-state index in [0.29, 0.717) is 5.39 Å². The van der Waals surface area contributed by atoms with Crippen molar-refractivity contribution in [3.05, 3.63) is 29.7 Å². The van der Waals surface area contributed by atoms with E-state index in [9.17, 15) is 4.39 Å². The maximum absolute atomic E-state index is 13.0. The highest BCUT2D eigenvalue weighted by Gasteiger charge is 2.02. The van der Waals surface area contributed by atoms with Crippen molar-refractivity contribution >= 4 is 22.5 Å². The third kappa shape index (κ3) is 1.10. The first-order chi connectivity index (χ1) is 5.77. The molecule has 0 aliphatic rings. The van der Waals surface area contributed by atoms with Crippen LogP contribution in [0.2, 0.25) is 5.28 Å². The number of aromatic nitrogens is 3. The van der Waals surface area contributed by atoms with E-state index >= 15 is 0 Å². The van der Waals surface area contributed by atoms with E-state index < -0.39 is 5.82 Å². The average Bonchev–Trinajstić information content (AvgIpc) is 2.07. The molecule has 2 heterocycles. The number of hydrogen-bond acceptors (Lipinski definition) is 3. The summed E-state index contributed by atoms with van der Waals surface area (Å²) in [5.74, 6) is -0.489. The zero-order valence-electron chi connectivity index (χ0n) is 5.83. The lowest BCUT2D eigenvalue weighted by Gasteiger charge is -1.95. The van der Waals surface area contributed by atoms with Crippen LogP contribution < -0.4 is 0 Å². The van der Waals surface area contributed by atoms with Crippen LogP contribution in [-0.2, 0) is 0 Å². The molecule has 0 aromatic carbocycles.